The second-order valence-electron chi connectivity index (χ2n) is 3.58. The van der Waals surface area contributed by atoms with Crippen LogP contribution < -0.4 is 5.32 Å². The second-order valence-corrected chi connectivity index (χ2v) is 5.35. The van der Waals surface area contributed by atoms with Crippen molar-refractivity contribution in [3.63, 3.8) is 0 Å². The predicted molar refractivity (Wildman–Crippen MR) is 71.3 cm³/mol. The first kappa shape index (κ1) is 15.7. The van der Waals surface area contributed by atoms with Gasteiger partial charge in [-0.3, -0.25) is 0 Å². The van der Waals surface area contributed by atoms with Gasteiger partial charge in [0.25, 0.3) is 0 Å². The van der Waals surface area contributed by atoms with E-state index in [1.54, 1.807) is 12.1 Å². The van der Waals surface area contributed by atoms with Gasteiger partial charge in [0, 0.05) is 8.95 Å². The van der Waals surface area contributed by atoms with Gasteiger partial charge < -0.3 is 10.1 Å². The number of ether oxygens (including phenoxy) is 1. The van der Waals surface area contributed by atoms with E-state index in [1.165, 1.54) is 6.07 Å². The molecule has 0 spiro atoms. The van der Waals surface area contributed by atoms with Crippen molar-refractivity contribution in [1.29, 1.82) is 0 Å². The highest BCUT2D eigenvalue weighted by molar-refractivity contribution is 9.11. The number of alkyl halides is 2. The molecule has 1 aromatic carbocycles. The van der Waals surface area contributed by atoms with E-state index in [-0.39, 0.29) is 12.4 Å². The van der Waals surface area contributed by atoms with Gasteiger partial charge in [-0.05, 0) is 23.8 Å². The Balaban J connectivity index is 0.00000162. The lowest BCUT2D eigenvalue weighted by Gasteiger charge is -2.32. The molecule has 1 amide bonds. The molecule has 8 heteroatoms. The minimum Gasteiger partial charge on any atom is -0.443 e. The Morgan fingerprint density at radius 1 is 1.39 bits per heavy atom. The van der Waals surface area contributed by atoms with Crippen molar-refractivity contribution in [1.82, 2.24) is 5.32 Å². The Kier molecular flexibility index (Phi) is 4.97. The van der Waals surface area contributed by atoms with Gasteiger partial charge in [-0.2, -0.15) is 0 Å². The fourth-order valence-electron chi connectivity index (χ4n) is 1.55. The van der Waals surface area contributed by atoms with Crippen LogP contribution >= 0.6 is 44.3 Å². The second kappa shape index (κ2) is 5.71. The van der Waals surface area contributed by atoms with Gasteiger partial charge in [0.2, 0.25) is 0 Å². The van der Waals surface area contributed by atoms with E-state index >= 15 is 0 Å². The summed E-state index contributed by atoms with van der Waals surface area (Å²) in [5.41, 5.74) is 0.307. The molecular formula is C10H8Br2ClF2NO2. The van der Waals surface area contributed by atoms with Crippen LogP contribution in [0, 0.1) is 0 Å². The number of hydrogen-bond donors (Lipinski definition) is 1. The molecule has 100 valence electrons. The predicted octanol–water partition coefficient (Wildman–Crippen LogP) is 4.05. The highest BCUT2D eigenvalue weighted by Gasteiger charge is 2.47. The molecule has 0 unspecified atom stereocenters. The van der Waals surface area contributed by atoms with E-state index in [9.17, 15) is 13.6 Å². The lowest BCUT2D eigenvalue weighted by atomic mass is 10.0. The molecule has 1 N–H and O–H groups in total. The number of amides is 1. The van der Waals surface area contributed by atoms with E-state index in [0.29, 0.717) is 14.5 Å². The monoisotopic (exact) mass is 405 g/mol. The van der Waals surface area contributed by atoms with Gasteiger partial charge in [0.05, 0.1) is 0 Å². The number of benzene rings is 1. The maximum absolute atomic E-state index is 13.7. The van der Waals surface area contributed by atoms with Crippen LogP contribution in [-0.2, 0) is 4.74 Å². The molecule has 3 nitrogen and oxygen atoms in total. The van der Waals surface area contributed by atoms with Crippen LogP contribution in [0.3, 0.4) is 0 Å². The zero-order valence-corrected chi connectivity index (χ0v) is 12.7. The molecule has 1 aliphatic heterocycles. The van der Waals surface area contributed by atoms with Crippen molar-refractivity contribution in [3.05, 3.63) is 32.7 Å². The van der Waals surface area contributed by atoms with E-state index in [0.717, 1.165) is 0 Å². The largest absolute Gasteiger partial charge is 0.443 e. The minimum atomic E-state index is -3.14. The Bertz CT molecular complexity index is 473. The lowest BCUT2D eigenvalue weighted by Crippen LogP contribution is -2.49. The standard InChI is InChI=1S/C10H7Br2F2NO2.ClH/c11-5-1-2-7(12)6(3-5)8-10(13,14)4-17-9(16)15-8;/h1-3,8H,4H2,(H,15,16);1H/t8-;/m1./s1. The zero-order chi connectivity index (χ0) is 12.6. The van der Waals surface area contributed by atoms with Gasteiger partial charge in [0.1, 0.15) is 6.04 Å². The molecule has 1 atom stereocenters. The number of rotatable bonds is 1. The van der Waals surface area contributed by atoms with Crippen molar-refractivity contribution in [2.24, 2.45) is 0 Å². The number of cyclic esters (lactones) is 1. The topological polar surface area (TPSA) is 38.3 Å². The Hall–Kier alpha value is -0.400. The first-order valence-electron chi connectivity index (χ1n) is 4.66. The number of nitrogens with one attached hydrogen (secondary N) is 1. The molecule has 0 aromatic heterocycles. The van der Waals surface area contributed by atoms with E-state index in [2.05, 4.69) is 41.9 Å². The Morgan fingerprint density at radius 2 is 2.06 bits per heavy atom. The van der Waals surface area contributed by atoms with Crippen LogP contribution in [0.5, 0.6) is 0 Å². The van der Waals surface area contributed by atoms with Gasteiger partial charge in [-0.15, -0.1) is 12.4 Å². The highest BCUT2D eigenvalue weighted by atomic mass is 79.9. The van der Waals surface area contributed by atoms with Gasteiger partial charge in [-0.25, -0.2) is 13.6 Å². The number of alkyl carbamates (subject to hydrolysis) is 1. The maximum Gasteiger partial charge on any atom is 0.408 e. The summed E-state index contributed by atoms with van der Waals surface area (Å²) in [5.74, 6) is -3.14. The fourth-order valence-corrected chi connectivity index (χ4v) is 2.41. The van der Waals surface area contributed by atoms with Crippen LogP contribution in [-0.4, -0.2) is 18.6 Å². The fraction of sp³-hybridized carbons (Fsp3) is 0.300. The average molecular weight is 407 g/mol. The van der Waals surface area contributed by atoms with Crippen molar-refractivity contribution in [2.75, 3.05) is 6.61 Å². The molecule has 18 heavy (non-hydrogen) atoms. The van der Waals surface area contributed by atoms with Crippen molar-refractivity contribution in [3.8, 4) is 0 Å². The number of hydrogen-bond acceptors (Lipinski definition) is 2. The molecule has 1 heterocycles. The molecule has 0 aliphatic carbocycles. The van der Waals surface area contributed by atoms with E-state index < -0.39 is 24.7 Å². The number of halogens is 5. The van der Waals surface area contributed by atoms with Crippen molar-refractivity contribution in [2.45, 2.75) is 12.0 Å². The lowest BCUT2D eigenvalue weighted by molar-refractivity contribution is -0.104. The maximum atomic E-state index is 13.7. The zero-order valence-electron chi connectivity index (χ0n) is 8.75. The summed E-state index contributed by atoms with van der Waals surface area (Å²) in [4.78, 5) is 11.0. The van der Waals surface area contributed by atoms with Gasteiger partial charge >= 0.3 is 12.0 Å². The first-order valence-corrected chi connectivity index (χ1v) is 6.25. The molecule has 1 aromatic rings. The van der Waals surface area contributed by atoms with E-state index in [4.69, 9.17) is 0 Å². The molecular weight excluding hydrogens is 399 g/mol. The normalized spacial score (nSPS) is 21.6. The highest BCUT2D eigenvalue weighted by Crippen LogP contribution is 2.38. The SMILES string of the molecule is Cl.O=C1N[C@H](c2cc(Br)ccc2Br)C(F)(F)CO1. The Morgan fingerprint density at radius 3 is 2.72 bits per heavy atom. The molecule has 1 fully saturated rings. The van der Waals surface area contributed by atoms with Gasteiger partial charge in [-0.1, -0.05) is 31.9 Å². The summed E-state index contributed by atoms with van der Waals surface area (Å²) in [6, 6.07) is 3.49. The van der Waals surface area contributed by atoms with Crippen LogP contribution in [0.25, 0.3) is 0 Å². The Labute approximate surface area is 125 Å². The minimum absolute atomic E-state index is 0. The van der Waals surface area contributed by atoms with Crippen LogP contribution in [0.2, 0.25) is 0 Å². The third-order valence-corrected chi connectivity index (χ3v) is 3.56. The molecule has 0 bridgehead atoms. The molecule has 2 rings (SSSR count). The number of carbonyl (C=O) groups excluding carboxylic acids is 1. The average Bonchev–Trinajstić information content (AvgIpc) is 2.26. The summed E-state index contributed by atoms with van der Waals surface area (Å²) in [6.07, 6.45) is -0.840. The van der Waals surface area contributed by atoms with E-state index in [1.807, 2.05) is 0 Å². The van der Waals surface area contributed by atoms with Crippen molar-refractivity contribution >= 4 is 50.4 Å². The molecule has 0 saturated carbocycles. The summed E-state index contributed by atoms with van der Waals surface area (Å²) in [5, 5.41) is 2.13. The quantitative estimate of drug-likeness (QED) is 0.763. The smallest absolute Gasteiger partial charge is 0.408 e. The third-order valence-electron chi connectivity index (χ3n) is 2.35. The number of carbonyl (C=O) groups is 1. The molecule has 0 radical (unpaired) electrons. The molecule has 1 saturated heterocycles. The summed E-state index contributed by atoms with van der Waals surface area (Å²) in [6.45, 7) is -0.914. The van der Waals surface area contributed by atoms with Gasteiger partial charge in [0.15, 0.2) is 6.61 Å². The van der Waals surface area contributed by atoms with Crippen LogP contribution in [0.1, 0.15) is 11.6 Å². The summed E-state index contributed by atoms with van der Waals surface area (Å²) in [7, 11) is 0. The summed E-state index contributed by atoms with van der Waals surface area (Å²) >= 11 is 6.40. The third kappa shape index (κ3) is 3.13. The summed E-state index contributed by atoms with van der Waals surface area (Å²) < 4.78 is 32.8. The molecule has 1 aliphatic rings. The van der Waals surface area contributed by atoms with Crippen LogP contribution in [0.15, 0.2) is 27.1 Å². The first-order chi connectivity index (χ1) is 7.90. The van der Waals surface area contributed by atoms with Crippen LogP contribution in [0.4, 0.5) is 13.6 Å². The van der Waals surface area contributed by atoms with Crippen molar-refractivity contribution < 1.29 is 18.3 Å².